The fourth-order valence-electron chi connectivity index (χ4n) is 3.67. The molecule has 0 aliphatic heterocycles. The maximum atomic E-state index is 14.7. The van der Waals surface area contributed by atoms with Crippen molar-refractivity contribution in [3.8, 4) is 0 Å². The Morgan fingerprint density at radius 3 is 2.22 bits per heavy atom. The van der Waals surface area contributed by atoms with Crippen LogP contribution in [0.3, 0.4) is 0 Å². The highest BCUT2D eigenvalue weighted by atomic mass is 32.2. The second kappa shape index (κ2) is 13.4. The van der Waals surface area contributed by atoms with Crippen molar-refractivity contribution < 1.29 is 22.4 Å². The average Bonchev–Trinajstić information content (AvgIpc) is 2.84. The number of rotatable bonds is 13. The minimum atomic E-state index is -4.21. The number of hydrogen-bond donors (Lipinski definition) is 1. The van der Waals surface area contributed by atoms with Gasteiger partial charge in [-0.3, -0.25) is 9.59 Å². The van der Waals surface area contributed by atoms with E-state index in [2.05, 4.69) is 5.32 Å². The van der Waals surface area contributed by atoms with Crippen molar-refractivity contribution in [2.75, 3.05) is 31.5 Å². The molecule has 0 spiro atoms. The predicted molar refractivity (Wildman–Crippen MR) is 140 cm³/mol. The van der Waals surface area contributed by atoms with Crippen molar-refractivity contribution >= 4 is 27.7 Å². The van der Waals surface area contributed by atoms with Crippen LogP contribution in [-0.2, 0) is 26.3 Å². The van der Waals surface area contributed by atoms with Gasteiger partial charge in [-0.15, -0.1) is 0 Å². The van der Waals surface area contributed by atoms with Gasteiger partial charge in [-0.05, 0) is 37.5 Å². The fourth-order valence-corrected chi connectivity index (χ4v) is 4.74. The number of anilines is 1. The van der Waals surface area contributed by atoms with Gasteiger partial charge in [-0.2, -0.15) is 12.7 Å². The summed E-state index contributed by atoms with van der Waals surface area (Å²) in [7, 11) is -1.59. The van der Waals surface area contributed by atoms with Crippen molar-refractivity contribution in [2.45, 2.75) is 52.6 Å². The number of nitrogens with zero attached hydrogens (tertiary/aromatic N) is 3. The molecule has 0 radical (unpaired) electrons. The Morgan fingerprint density at radius 1 is 1.03 bits per heavy atom. The number of carbonyl (C=O) groups is 2. The molecule has 10 heteroatoms. The number of unbranched alkanes of at least 4 members (excludes halogenated alkanes) is 1. The summed E-state index contributed by atoms with van der Waals surface area (Å²) in [5.74, 6) is -1.69. The Bertz CT molecular complexity index is 1120. The molecule has 0 saturated carbocycles. The van der Waals surface area contributed by atoms with Gasteiger partial charge in [0.2, 0.25) is 11.8 Å². The number of aryl methyl sites for hydroxylation is 1. The van der Waals surface area contributed by atoms with Gasteiger partial charge >= 0.3 is 10.2 Å². The molecule has 2 rings (SSSR count). The van der Waals surface area contributed by atoms with Gasteiger partial charge < -0.3 is 10.2 Å². The molecular weight excluding hydrogens is 483 g/mol. The first-order valence-electron chi connectivity index (χ1n) is 12.1. The number of hydrogen-bond acceptors (Lipinski definition) is 4. The van der Waals surface area contributed by atoms with Gasteiger partial charge in [0.25, 0.3) is 0 Å². The molecule has 2 aromatic carbocycles. The van der Waals surface area contributed by atoms with Gasteiger partial charge in [-0.1, -0.05) is 62.2 Å². The quantitative estimate of drug-likeness (QED) is 0.410. The summed E-state index contributed by atoms with van der Waals surface area (Å²) in [5, 5.41) is 2.87. The molecule has 0 bridgehead atoms. The Balaban J connectivity index is 2.47. The van der Waals surface area contributed by atoms with Crippen LogP contribution in [-0.4, -0.2) is 62.7 Å². The first-order valence-corrected chi connectivity index (χ1v) is 13.5. The van der Waals surface area contributed by atoms with Crippen molar-refractivity contribution in [1.29, 1.82) is 0 Å². The standard InChI is InChI=1S/C26H37FN4O4S/c1-6-8-17-28-26(33)23(7-2)30(18-21-15-13-20(3)14-16-21)25(32)19-31(36(34,35)29(4)5)24-12-10-9-11-22(24)27/h9-16,23H,6-8,17-19H2,1-5H3,(H,28,33)/t23-/m0/s1. The van der Waals surface area contributed by atoms with Gasteiger partial charge in [0.05, 0.1) is 5.69 Å². The van der Waals surface area contributed by atoms with Gasteiger partial charge in [0, 0.05) is 27.2 Å². The van der Waals surface area contributed by atoms with E-state index in [1.165, 1.54) is 37.2 Å². The van der Waals surface area contributed by atoms with E-state index in [-0.39, 0.29) is 18.1 Å². The predicted octanol–water partition coefficient (Wildman–Crippen LogP) is 3.47. The normalized spacial score (nSPS) is 12.3. The first kappa shape index (κ1) is 29.3. The molecule has 2 aromatic rings. The lowest BCUT2D eigenvalue weighted by Crippen LogP contribution is -2.53. The van der Waals surface area contributed by atoms with Crippen LogP contribution in [0.4, 0.5) is 10.1 Å². The Kier molecular flexibility index (Phi) is 10.9. The van der Waals surface area contributed by atoms with Crippen molar-refractivity contribution in [1.82, 2.24) is 14.5 Å². The molecule has 0 unspecified atom stereocenters. The van der Waals surface area contributed by atoms with E-state index in [1.54, 1.807) is 6.92 Å². The molecule has 0 fully saturated rings. The van der Waals surface area contributed by atoms with Crippen molar-refractivity contribution in [3.05, 3.63) is 65.5 Å². The molecule has 8 nitrogen and oxygen atoms in total. The topological polar surface area (TPSA) is 90.0 Å². The maximum Gasteiger partial charge on any atom is 0.304 e. The smallest absolute Gasteiger partial charge is 0.304 e. The van der Waals surface area contributed by atoms with E-state index in [0.29, 0.717) is 13.0 Å². The van der Waals surface area contributed by atoms with Crippen LogP contribution >= 0.6 is 0 Å². The number of carbonyl (C=O) groups excluding carboxylic acids is 2. The molecule has 198 valence electrons. The fraction of sp³-hybridized carbons (Fsp3) is 0.462. The lowest BCUT2D eigenvalue weighted by molar-refractivity contribution is -0.140. The third-order valence-electron chi connectivity index (χ3n) is 5.83. The molecule has 1 atom stereocenters. The van der Waals surface area contributed by atoms with Crippen LogP contribution in [0.25, 0.3) is 0 Å². The van der Waals surface area contributed by atoms with Crippen LogP contribution in [0, 0.1) is 12.7 Å². The molecule has 2 amide bonds. The Labute approximate surface area is 214 Å². The van der Waals surface area contributed by atoms with E-state index in [4.69, 9.17) is 0 Å². The minimum absolute atomic E-state index is 0.103. The van der Waals surface area contributed by atoms with Crippen LogP contribution < -0.4 is 9.62 Å². The Hall–Kier alpha value is -2.98. The number of halogens is 1. The molecule has 0 heterocycles. The third kappa shape index (κ3) is 7.51. The molecule has 36 heavy (non-hydrogen) atoms. The second-order valence-corrected chi connectivity index (χ2v) is 10.9. The summed E-state index contributed by atoms with van der Waals surface area (Å²) < 4.78 is 42.6. The zero-order valence-electron chi connectivity index (χ0n) is 21.7. The molecular formula is C26H37FN4O4S. The van der Waals surface area contributed by atoms with E-state index in [0.717, 1.165) is 38.6 Å². The van der Waals surface area contributed by atoms with Crippen LogP contribution in [0.1, 0.15) is 44.2 Å². The van der Waals surface area contributed by atoms with E-state index in [1.807, 2.05) is 38.1 Å². The summed E-state index contributed by atoms with van der Waals surface area (Å²) in [4.78, 5) is 28.1. The van der Waals surface area contributed by atoms with Crippen molar-refractivity contribution in [3.63, 3.8) is 0 Å². The molecule has 1 N–H and O–H groups in total. The number of para-hydroxylation sites is 1. The number of amides is 2. The lowest BCUT2D eigenvalue weighted by Gasteiger charge is -2.34. The van der Waals surface area contributed by atoms with Gasteiger partial charge in [-0.25, -0.2) is 8.70 Å². The molecule has 0 saturated heterocycles. The van der Waals surface area contributed by atoms with Gasteiger partial charge in [0.15, 0.2) is 0 Å². The highest BCUT2D eigenvalue weighted by molar-refractivity contribution is 7.90. The van der Waals surface area contributed by atoms with E-state index < -0.39 is 34.5 Å². The lowest BCUT2D eigenvalue weighted by atomic mass is 10.1. The highest BCUT2D eigenvalue weighted by Crippen LogP contribution is 2.24. The highest BCUT2D eigenvalue weighted by Gasteiger charge is 2.34. The van der Waals surface area contributed by atoms with Gasteiger partial charge in [0.1, 0.15) is 18.4 Å². The SMILES string of the molecule is CCCCNC(=O)[C@H](CC)N(Cc1ccc(C)cc1)C(=O)CN(c1ccccc1F)S(=O)(=O)N(C)C. The molecule has 0 aromatic heterocycles. The molecule has 0 aliphatic rings. The molecule has 0 aliphatic carbocycles. The zero-order chi connectivity index (χ0) is 26.9. The Morgan fingerprint density at radius 2 is 1.67 bits per heavy atom. The summed E-state index contributed by atoms with van der Waals surface area (Å²) in [6.07, 6.45) is 2.04. The van der Waals surface area contributed by atoms with Crippen molar-refractivity contribution in [2.24, 2.45) is 0 Å². The van der Waals surface area contributed by atoms with E-state index in [9.17, 15) is 22.4 Å². The number of nitrogens with one attached hydrogen (secondary N) is 1. The summed E-state index contributed by atoms with van der Waals surface area (Å²) in [6, 6.07) is 12.1. The minimum Gasteiger partial charge on any atom is -0.354 e. The first-order chi connectivity index (χ1) is 17.0. The summed E-state index contributed by atoms with van der Waals surface area (Å²) >= 11 is 0. The third-order valence-corrected chi connectivity index (χ3v) is 7.63. The number of benzene rings is 2. The zero-order valence-corrected chi connectivity index (χ0v) is 22.5. The van der Waals surface area contributed by atoms with Crippen LogP contribution in [0.2, 0.25) is 0 Å². The summed E-state index contributed by atoms with van der Waals surface area (Å²) in [5.41, 5.74) is 1.60. The maximum absolute atomic E-state index is 14.7. The monoisotopic (exact) mass is 520 g/mol. The second-order valence-electron chi connectivity index (χ2n) is 8.82. The average molecular weight is 521 g/mol. The summed E-state index contributed by atoms with van der Waals surface area (Å²) in [6.45, 7) is 5.68. The van der Waals surface area contributed by atoms with Crippen LogP contribution in [0.15, 0.2) is 48.5 Å². The largest absolute Gasteiger partial charge is 0.354 e. The van der Waals surface area contributed by atoms with Crippen LogP contribution in [0.5, 0.6) is 0 Å². The van der Waals surface area contributed by atoms with E-state index >= 15 is 0 Å².